The topological polar surface area (TPSA) is 50.7 Å². The maximum absolute atomic E-state index is 10.1. The van der Waals surface area contributed by atoms with Crippen molar-refractivity contribution in [2.75, 3.05) is 20.8 Å². The summed E-state index contributed by atoms with van der Waals surface area (Å²) in [5, 5.41) is 13.3. The van der Waals surface area contributed by atoms with E-state index in [1.165, 1.54) is 25.7 Å². The Morgan fingerprint density at radius 1 is 1.33 bits per heavy atom. The first-order valence-electron chi connectivity index (χ1n) is 7.85. The molecule has 1 saturated carbocycles. The first-order chi connectivity index (χ1) is 10.2. The number of aliphatic hydroxyl groups is 1. The van der Waals surface area contributed by atoms with Crippen LogP contribution < -0.4 is 14.8 Å². The largest absolute Gasteiger partial charge is 0.497 e. The van der Waals surface area contributed by atoms with Gasteiger partial charge in [-0.05, 0) is 37.6 Å². The van der Waals surface area contributed by atoms with Gasteiger partial charge in [0.2, 0.25) is 0 Å². The molecule has 0 radical (unpaired) electrons. The van der Waals surface area contributed by atoms with Gasteiger partial charge in [0.25, 0.3) is 0 Å². The van der Waals surface area contributed by atoms with Gasteiger partial charge in [-0.25, -0.2) is 0 Å². The highest BCUT2D eigenvalue weighted by Gasteiger charge is 2.19. The molecule has 1 aliphatic carbocycles. The lowest BCUT2D eigenvalue weighted by atomic mass is 10.0. The van der Waals surface area contributed by atoms with Crippen LogP contribution in [-0.2, 0) is 6.54 Å². The van der Waals surface area contributed by atoms with Crippen LogP contribution in [0.2, 0.25) is 0 Å². The number of benzene rings is 1. The lowest BCUT2D eigenvalue weighted by molar-refractivity contribution is 0.0850. The molecular weight excluding hydrogens is 266 g/mol. The molecule has 0 spiro atoms. The quantitative estimate of drug-likeness (QED) is 0.774. The van der Waals surface area contributed by atoms with Gasteiger partial charge < -0.3 is 19.9 Å². The molecule has 4 heteroatoms. The van der Waals surface area contributed by atoms with Crippen molar-refractivity contribution in [1.29, 1.82) is 0 Å². The van der Waals surface area contributed by atoms with Gasteiger partial charge in [0.1, 0.15) is 18.1 Å². The van der Waals surface area contributed by atoms with Crippen LogP contribution in [-0.4, -0.2) is 32.0 Å². The van der Waals surface area contributed by atoms with E-state index in [0.29, 0.717) is 19.1 Å². The summed E-state index contributed by atoms with van der Waals surface area (Å²) in [6.45, 7) is 1.07. The molecule has 1 atom stereocenters. The fourth-order valence-electron chi connectivity index (χ4n) is 3.04. The van der Waals surface area contributed by atoms with Crippen molar-refractivity contribution >= 4 is 0 Å². The molecular formula is C17H27NO3. The van der Waals surface area contributed by atoms with Crippen molar-refractivity contribution in [2.24, 2.45) is 5.92 Å². The molecule has 118 valence electrons. The Morgan fingerprint density at radius 3 is 2.76 bits per heavy atom. The van der Waals surface area contributed by atoms with Crippen molar-refractivity contribution in [3.05, 3.63) is 23.8 Å². The molecule has 0 amide bonds. The van der Waals surface area contributed by atoms with E-state index in [1.54, 1.807) is 7.11 Å². The van der Waals surface area contributed by atoms with Gasteiger partial charge in [-0.15, -0.1) is 0 Å². The summed E-state index contributed by atoms with van der Waals surface area (Å²) in [4.78, 5) is 0. The van der Waals surface area contributed by atoms with Gasteiger partial charge in [0, 0.05) is 12.1 Å². The average Bonchev–Trinajstić information content (AvgIpc) is 2.99. The van der Waals surface area contributed by atoms with Gasteiger partial charge in [0.05, 0.1) is 13.2 Å². The molecule has 4 nitrogen and oxygen atoms in total. The summed E-state index contributed by atoms with van der Waals surface area (Å²) in [5.41, 5.74) is 1.05. The standard InChI is InChI=1S/C17H27NO3/c1-18-11-14-10-16(20-2)7-8-17(14)21-12-15(19)9-13-5-3-4-6-13/h7-8,10,13,15,18-19H,3-6,9,11-12H2,1-2H3. The van der Waals surface area contributed by atoms with Gasteiger partial charge in [-0.3, -0.25) is 0 Å². The number of ether oxygens (including phenoxy) is 2. The monoisotopic (exact) mass is 293 g/mol. The van der Waals surface area contributed by atoms with Crippen LogP contribution in [0.5, 0.6) is 11.5 Å². The molecule has 0 aromatic heterocycles. The predicted molar refractivity (Wildman–Crippen MR) is 83.8 cm³/mol. The van der Waals surface area contributed by atoms with Gasteiger partial charge in [0.15, 0.2) is 0 Å². The number of rotatable bonds is 8. The van der Waals surface area contributed by atoms with Gasteiger partial charge in [-0.2, -0.15) is 0 Å². The van der Waals surface area contributed by atoms with E-state index in [0.717, 1.165) is 23.5 Å². The molecule has 1 aromatic rings. The summed E-state index contributed by atoms with van der Waals surface area (Å²) in [7, 11) is 3.56. The third-order valence-corrected chi connectivity index (χ3v) is 4.15. The second-order valence-corrected chi connectivity index (χ2v) is 5.85. The Morgan fingerprint density at radius 2 is 2.10 bits per heavy atom. The smallest absolute Gasteiger partial charge is 0.124 e. The Kier molecular flexibility index (Phi) is 6.33. The molecule has 2 N–H and O–H groups in total. The van der Waals surface area contributed by atoms with Crippen molar-refractivity contribution in [2.45, 2.75) is 44.8 Å². The number of hydrogen-bond acceptors (Lipinski definition) is 4. The van der Waals surface area contributed by atoms with Crippen LogP contribution in [0.25, 0.3) is 0 Å². The highest BCUT2D eigenvalue weighted by Crippen LogP contribution is 2.29. The van der Waals surface area contributed by atoms with E-state index in [1.807, 2.05) is 25.2 Å². The fourth-order valence-corrected chi connectivity index (χ4v) is 3.04. The summed E-state index contributed by atoms with van der Waals surface area (Å²) in [6, 6.07) is 5.76. The minimum atomic E-state index is -0.377. The second-order valence-electron chi connectivity index (χ2n) is 5.85. The van der Waals surface area contributed by atoms with E-state index in [4.69, 9.17) is 9.47 Å². The van der Waals surface area contributed by atoms with Crippen LogP contribution >= 0.6 is 0 Å². The van der Waals surface area contributed by atoms with E-state index in [2.05, 4.69) is 5.32 Å². The maximum atomic E-state index is 10.1. The predicted octanol–water partition coefficient (Wildman–Crippen LogP) is 2.73. The first kappa shape index (κ1) is 16.1. The lowest BCUT2D eigenvalue weighted by Crippen LogP contribution is -2.21. The number of aliphatic hydroxyl groups excluding tert-OH is 1. The fraction of sp³-hybridized carbons (Fsp3) is 0.647. The van der Waals surface area contributed by atoms with Crippen LogP contribution in [0.15, 0.2) is 18.2 Å². The third kappa shape index (κ3) is 4.90. The average molecular weight is 293 g/mol. The lowest BCUT2D eigenvalue weighted by Gasteiger charge is -2.18. The third-order valence-electron chi connectivity index (χ3n) is 4.15. The summed E-state index contributed by atoms with van der Waals surface area (Å²) in [5.74, 6) is 2.31. The Bertz CT molecular complexity index is 430. The van der Waals surface area contributed by atoms with E-state index in [9.17, 15) is 5.11 Å². The molecule has 0 aliphatic heterocycles. The molecule has 1 aliphatic rings. The van der Waals surface area contributed by atoms with Gasteiger partial charge in [-0.1, -0.05) is 25.7 Å². The van der Waals surface area contributed by atoms with Crippen LogP contribution in [0.4, 0.5) is 0 Å². The number of methoxy groups -OCH3 is 1. The Hall–Kier alpha value is -1.26. The molecule has 2 rings (SSSR count). The minimum absolute atomic E-state index is 0.361. The van der Waals surface area contributed by atoms with Crippen LogP contribution in [0.1, 0.15) is 37.7 Å². The highest BCUT2D eigenvalue weighted by molar-refractivity contribution is 5.40. The summed E-state index contributed by atoms with van der Waals surface area (Å²) >= 11 is 0. The van der Waals surface area contributed by atoms with Crippen molar-refractivity contribution in [3.8, 4) is 11.5 Å². The molecule has 21 heavy (non-hydrogen) atoms. The zero-order valence-electron chi connectivity index (χ0n) is 13.1. The van der Waals surface area contributed by atoms with E-state index in [-0.39, 0.29) is 6.10 Å². The Labute approximate surface area is 127 Å². The number of hydrogen-bond donors (Lipinski definition) is 2. The zero-order valence-corrected chi connectivity index (χ0v) is 13.1. The molecule has 1 aromatic carbocycles. The van der Waals surface area contributed by atoms with Crippen molar-refractivity contribution in [3.63, 3.8) is 0 Å². The first-order valence-corrected chi connectivity index (χ1v) is 7.85. The molecule has 0 saturated heterocycles. The maximum Gasteiger partial charge on any atom is 0.124 e. The second kappa shape index (κ2) is 8.25. The Balaban J connectivity index is 1.88. The summed E-state index contributed by atoms with van der Waals surface area (Å²) < 4.78 is 11.1. The molecule has 1 unspecified atom stereocenters. The summed E-state index contributed by atoms with van der Waals surface area (Å²) in [6.07, 6.45) is 5.61. The number of nitrogens with one attached hydrogen (secondary N) is 1. The SMILES string of the molecule is CNCc1cc(OC)ccc1OCC(O)CC1CCCC1. The van der Waals surface area contributed by atoms with E-state index < -0.39 is 0 Å². The van der Waals surface area contributed by atoms with E-state index >= 15 is 0 Å². The minimum Gasteiger partial charge on any atom is -0.497 e. The normalized spacial score (nSPS) is 16.9. The van der Waals surface area contributed by atoms with Crippen molar-refractivity contribution in [1.82, 2.24) is 5.32 Å². The molecule has 0 heterocycles. The van der Waals surface area contributed by atoms with Crippen LogP contribution in [0, 0.1) is 5.92 Å². The van der Waals surface area contributed by atoms with Crippen molar-refractivity contribution < 1.29 is 14.6 Å². The van der Waals surface area contributed by atoms with Crippen LogP contribution in [0.3, 0.4) is 0 Å². The van der Waals surface area contributed by atoms with Gasteiger partial charge >= 0.3 is 0 Å². The molecule has 1 fully saturated rings. The molecule has 0 bridgehead atoms. The highest BCUT2D eigenvalue weighted by atomic mass is 16.5. The zero-order chi connectivity index (χ0) is 15.1.